The van der Waals surface area contributed by atoms with Crippen molar-refractivity contribution in [2.75, 3.05) is 20.6 Å². The molecule has 1 aromatic rings. The predicted octanol–water partition coefficient (Wildman–Crippen LogP) is 0.575. The summed E-state index contributed by atoms with van der Waals surface area (Å²) in [5.74, 6) is -0.657. The summed E-state index contributed by atoms with van der Waals surface area (Å²) in [7, 11) is -1.93. The fourth-order valence-corrected chi connectivity index (χ4v) is 3.90. The van der Waals surface area contributed by atoms with Gasteiger partial charge in [-0.2, -0.15) is 8.42 Å². The Kier molecular flexibility index (Phi) is 5.80. The molecule has 1 amide bonds. The van der Waals surface area contributed by atoms with E-state index in [1.807, 2.05) is 27.7 Å². The van der Waals surface area contributed by atoms with E-state index in [1.54, 1.807) is 19.0 Å². The largest absolute Gasteiger partial charge is 0.495 e. The third-order valence-corrected chi connectivity index (χ3v) is 6.24. The Bertz CT molecular complexity index is 822. The van der Waals surface area contributed by atoms with E-state index < -0.39 is 39.6 Å². The summed E-state index contributed by atoms with van der Waals surface area (Å²) in [6.07, 6.45) is 0. The molecule has 0 radical (unpaired) electrons. The van der Waals surface area contributed by atoms with Gasteiger partial charge in [-0.1, -0.05) is 6.07 Å². The molecule has 10 heteroatoms. The maximum absolute atomic E-state index is 12.1. The minimum absolute atomic E-state index is 0.0429. The molecule has 0 bridgehead atoms. The second-order valence-electron chi connectivity index (χ2n) is 8.06. The summed E-state index contributed by atoms with van der Waals surface area (Å²) in [6, 6.07) is 4.37. The fraction of sp³-hybridized carbons (Fsp3) is 0.588. The highest BCUT2D eigenvalue weighted by Crippen LogP contribution is 2.37. The second kappa shape index (κ2) is 7.18. The van der Waals surface area contributed by atoms with Crippen LogP contribution < -0.4 is 11.2 Å². The standard InChI is InChI=1S/C17H27BN2O6S/c1-16(2)17(3,4)26-18(25-16)13-9-11(15(19)21)7-8-12(13)14(10-20(5)6)27(22,23)24/h7-9,14H,10H2,1-6H3,(H2,19,21)(H,22,23,24). The molecule has 1 heterocycles. The highest BCUT2D eigenvalue weighted by atomic mass is 32.2. The Hall–Kier alpha value is -1.46. The van der Waals surface area contributed by atoms with Gasteiger partial charge in [-0.3, -0.25) is 9.35 Å². The molecule has 3 N–H and O–H groups in total. The van der Waals surface area contributed by atoms with Gasteiger partial charge in [0.2, 0.25) is 5.91 Å². The number of nitrogens with two attached hydrogens (primary N) is 1. The Labute approximate surface area is 160 Å². The van der Waals surface area contributed by atoms with E-state index in [4.69, 9.17) is 15.0 Å². The van der Waals surface area contributed by atoms with Crippen LogP contribution >= 0.6 is 0 Å². The zero-order valence-electron chi connectivity index (χ0n) is 16.5. The summed E-state index contributed by atoms with van der Waals surface area (Å²) >= 11 is 0. The van der Waals surface area contributed by atoms with E-state index in [0.29, 0.717) is 11.0 Å². The molecule has 0 aliphatic carbocycles. The summed E-state index contributed by atoms with van der Waals surface area (Å²) in [5.41, 5.74) is 4.92. The molecule has 27 heavy (non-hydrogen) atoms. The Morgan fingerprint density at radius 2 is 1.74 bits per heavy atom. The molecule has 0 spiro atoms. The number of primary amides is 1. The first kappa shape index (κ1) is 21.8. The lowest BCUT2D eigenvalue weighted by atomic mass is 9.74. The lowest BCUT2D eigenvalue weighted by molar-refractivity contribution is 0.00578. The van der Waals surface area contributed by atoms with Crippen LogP contribution in [-0.4, -0.2) is 62.7 Å². The first-order chi connectivity index (χ1) is 12.2. The average molecular weight is 398 g/mol. The fourth-order valence-electron chi connectivity index (χ4n) is 2.88. The van der Waals surface area contributed by atoms with Crippen molar-refractivity contribution in [3.05, 3.63) is 29.3 Å². The number of carbonyl (C=O) groups is 1. The Morgan fingerprint density at radius 3 is 2.15 bits per heavy atom. The van der Waals surface area contributed by atoms with Crippen LogP contribution in [0, 0.1) is 0 Å². The molecule has 2 rings (SSSR count). The summed E-state index contributed by atoms with van der Waals surface area (Å²) in [6.45, 7) is 7.51. The Morgan fingerprint density at radius 1 is 1.22 bits per heavy atom. The lowest BCUT2D eigenvalue weighted by Gasteiger charge is -2.32. The van der Waals surface area contributed by atoms with Crippen molar-refractivity contribution in [2.45, 2.75) is 44.1 Å². The molecule has 0 saturated carbocycles. The van der Waals surface area contributed by atoms with Crippen molar-refractivity contribution in [1.82, 2.24) is 4.90 Å². The van der Waals surface area contributed by atoms with Gasteiger partial charge < -0.3 is 19.9 Å². The summed E-state index contributed by atoms with van der Waals surface area (Å²) in [4.78, 5) is 13.3. The molecular weight excluding hydrogens is 371 g/mol. The van der Waals surface area contributed by atoms with Gasteiger partial charge in [0, 0.05) is 12.1 Å². The van der Waals surface area contributed by atoms with E-state index in [0.717, 1.165) is 0 Å². The zero-order chi connectivity index (χ0) is 20.8. The predicted molar refractivity (Wildman–Crippen MR) is 104 cm³/mol. The van der Waals surface area contributed by atoms with Crippen LogP contribution in [0.4, 0.5) is 0 Å². The molecule has 1 aromatic carbocycles. The molecule has 1 aliphatic heterocycles. The molecule has 1 unspecified atom stereocenters. The zero-order valence-corrected chi connectivity index (χ0v) is 17.3. The number of likely N-dealkylation sites (N-methyl/N-ethyl adjacent to an activating group) is 1. The Balaban J connectivity index is 2.64. The van der Waals surface area contributed by atoms with E-state index in [9.17, 15) is 17.8 Å². The first-order valence-electron chi connectivity index (χ1n) is 8.56. The maximum atomic E-state index is 12.1. The molecule has 8 nitrogen and oxygen atoms in total. The van der Waals surface area contributed by atoms with E-state index in [2.05, 4.69) is 0 Å². The van der Waals surface area contributed by atoms with E-state index in [1.165, 1.54) is 18.2 Å². The summed E-state index contributed by atoms with van der Waals surface area (Å²) in [5, 5.41) is -1.23. The molecule has 150 valence electrons. The summed E-state index contributed by atoms with van der Waals surface area (Å²) < 4.78 is 46.0. The second-order valence-corrected chi connectivity index (χ2v) is 9.66. The molecule has 1 atom stereocenters. The first-order valence-corrected chi connectivity index (χ1v) is 10.1. The van der Waals surface area contributed by atoms with Crippen LogP contribution in [0.1, 0.15) is 48.9 Å². The van der Waals surface area contributed by atoms with Crippen molar-refractivity contribution in [3.63, 3.8) is 0 Å². The maximum Gasteiger partial charge on any atom is 0.495 e. The number of amides is 1. The lowest BCUT2D eigenvalue weighted by Crippen LogP contribution is -2.41. The van der Waals surface area contributed by atoms with Gasteiger partial charge in [0.05, 0.1) is 11.2 Å². The van der Waals surface area contributed by atoms with Crippen LogP contribution in [-0.2, 0) is 19.4 Å². The number of benzene rings is 1. The highest BCUT2D eigenvalue weighted by molar-refractivity contribution is 7.86. The van der Waals surface area contributed by atoms with Gasteiger partial charge in [0.15, 0.2) is 0 Å². The number of rotatable bonds is 6. The normalized spacial score (nSPS) is 20.1. The monoisotopic (exact) mass is 398 g/mol. The van der Waals surface area contributed by atoms with Crippen LogP contribution in [0.3, 0.4) is 0 Å². The van der Waals surface area contributed by atoms with Crippen molar-refractivity contribution < 1.29 is 27.1 Å². The van der Waals surface area contributed by atoms with E-state index in [-0.39, 0.29) is 12.1 Å². The van der Waals surface area contributed by atoms with Crippen LogP contribution in [0.15, 0.2) is 18.2 Å². The van der Waals surface area contributed by atoms with Crippen molar-refractivity contribution in [2.24, 2.45) is 5.73 Å². The number of nitrogens with zero attached hydrogens (tertiary/aromatic N) is 1. The SMILES string of the molecule is CN(C)CC(c1ccc(C(N)=O)cc1B1OC(C)(C)C(C)(C)O1)S(=O)(=O)O. The smallest absolute Gasteiger partial charge is 0.399 e. The third kappa shape index (κ3) is 4.52. The van der Waals surface area contributed by atoms with Gasteiger partial charge >= 0.3 is 7.12 Å². The molecule has 0 aromatic heterocycles. The highest BCUT2D eigenvalue weighted by Gasteiger charge is 2.52. The van der Waals surface area contributed by atoms with Crippen molar-refractivity contribution in [1.29, 1.82) is 0 Å². The van der Waals surface area contributed by atoms with Crippen LogP contribution in [0.25, 0.3) is 0 Å². The number of hydrogen-bond donors (Lipinski definition) is 2. The minimum Gasteiger partial charge on any atom is -0.399 e. The van der Waals surface area contributed by atoms with Gasteiger partial charge in [0.1, 0.15) is 5.25 Å². The average Bonchev–Trinajstić information content (AvgIpc) is 2.71. The third-order valence-electron chi connectivity index (χ3n) is 5.12. The minimum atomic E-state index is -4.42. The van der Waals surface area contributed by atoms with Crippen LogP contribution in [0.5, 0.6) is 0 Å². The van der Waals surface area contributed by atoms with Gasteiger partial charge in [-0.05, 0) is 64.9 Å². The van der Waals surface area contributed by atoms with E-state index >= 15 is 0 Å². The number of carbonyl (C=O) groups excluding carboxylic acids is 1. The molecule has 1 aliphatic rings. The topological polar surface area (TPSA) is 119 Å². The van der Waals surface area contributed by atoms with Gasteiger partial charge in [-0.15, -0.1) is 0 Å². The quantitative estimate of drug-likeness (QED) is 0.531. The van der Waals surface area contributed by atoms with Crippen LogP contribution in [0.2, 0.25) is 0 Å². The van der Waals surface area contributed by atoms with Gasteiger partial charge in [-0.25, -0.2) is 0 Å². The molecular formula is C17H27BN2O6S. The molecule has 1 fully saturated rings. The van der Waals surface area contributed by atoms with Crippen molar-refractivity contribution >= 4 is 28.6 Å². The van der Waals surface area contributed by atoms with Gasteiger partial charge in [0.25, 0.3) is 10.1 Å². The number of hydrogen-bond acceptors (Lipinski definition) is 6. The van der Waals surface area contributed by atoms with Crippen molar-refractivity contribution in [3.8, 4) is 0 Å². The molecule has 1 saturated heterocycles.